The fourth-order valence-electron chi connectivity index (χ4n) is 1.44. The van der Waals surface area contributed by atoms with Crippen molar-refractivity contribution in [3.8, 4) is 0 Å². The molecule has 1 saturated heterocycles. The van der Waals surface area contributed by atoms with Crippen molar-refractivity contribution in [2.45, 2.75) is 37.8 Å². The van der Waals surface area contributed by atoms with E-state index in [0.29, 0.717) is 32.2 Å². The molecule has 0 unspecified atom stereocenters. The number of carboxylic acid groups (broad SMARTS) is 2. The second kappa shape index (κ2) is 9.53. The molecule has 0 aromatic heterocycles. The maximum atomic E-state index is 10.4. The van der Waals surface area contributed by atoms with Crippen LogP contribution in [0.15, 0.2) is 4.99 Å². The van der Waals surface area contributed by atoms with Crippen molar-refractivity contribution in [2.75, 3.05) is 6.54 Å². The van der Waals surface area contributed by atoms with Crippen LogP contribution in [-0.2, 0) is 14.4 Å². The number of rotatable bonds is 6. The second-order valence-corrected chi connectivity index (χ2v) is 4.39. The lowest BCUT2D eigenvalue weighted by Crippen LogP contribution is -2.32. The third-order valence-corrected chi connectivity index (χ3v) is 2.58. The van der Waals surface area contributed by atoms with Gasteiger partial charge in [-0.05, 0) is 19.3 Å². The van der Waals surface area contributed by atoms with Crippen molar-refractivity contribution in [1.82, 2.24) is 5.32 Å². The van der Waals surface area contributed by atoms with E-state index < -0.39 is 24.0 Å². The predicted molar refractivity (Wildman–Crippen MR) is 74.3 cm³/mol. The maximum Gasteiger partial charge on any atom is 0.326 e. The number of hydrogen-bond acceptors (Lipinski definition) is 5. The Hall–Kier alpha value is -2.36. The Morgan fingerprint density at radius 2 is 2.00 bits per heavy atom. The van der Waals surface area contributed by atoms with Gasteiger partial charge in [0.1, 0.15) is 12.1 Å². The molecule has 0 aromatic carbocycles. The van der Waals surface area contributed by atoms with Gasteiger partial charge in [0.15, 0.2) is 5.96 Å². The van der Waals surface area contributed by atoms with Crippen LogP contribution in [0.2, 0.25) is 0 Å². The van der Waals surface area contributed by atoms with Crippen molar-refractivity contribution in [2.24, 2.45) is 22.2 Å². The Bertz CT molecular complexity index is 408. The van der Waals surface area contributed by atoms with Crippen LogP contribution in [-0.4, -0.2) is 52.6 Å². The summed E-state index contributed by atoms with van der Waals surface area (Å²) in [6.07, 6.45) is 1.72. The van der Waals surface area contributed by atoms with Gasteiger partial charge in [0.2, 0.25) is 5.91 Å². The molecule has 10 nitrogen and oxygen atoms in total. The zero-order chi connectivity index (χ0) is 16.4. The third kappa shape index (κ3) is 9.21. The minimum absolute atomic E-state index is 0.0129. The van der Waals surface area contributed by atoms with Gasteiger partial charge in [0, 0.05) is 13.0 Å². The van der Waals surface area contributed by atoms with Gasteiger partial charge in [-0.25, -0.2) is 4.79 Å². The van der Waals surface area contributed by atoms with Gasteiger partial charge in [-0.3, -0.25) is 14.6 Å². The van der Waals surface area contributed by atoms with Gasteiger partial charge in [0.25, 0.3) is 0 Å². The second-order valence-electron chi connectivity index (χ2n) is 4.39. The highest BCUT2D eigenvalue weighted by Gasteiger charge is 2.26. The molecule has 10 heteroatoms. The standard InChI is InChI=1S/C6H14N4O2.C5H7NO3/c7-4(5(11)12)2-1-3-10-6(8)9;7-4-2-1-3(6-4)5(8)9/h4H,1-3,7H2,(H,11,12)(H4,8,9,10);3H,1-2H2,(H,6,7)(H,8,9)/t4-;3-/m00/s1. The third-order valence-electron chi connectivity index (χ3n) is 2.58. The fraction of sp³-hybridized carbons (Fsp3) is 0.636. The van der Waals surface area contributed by atoms with E-state index in [4.69, 9.17) is 27.4 Å². The van der Waals surface area contributed by atoms with Crippen molar-refractivity contribution < 1.29 is 24.6 Å². The monoisotopic (exact) mass is 303 g/mol. The van der Waals surface area contributed by atoms with E-state index in [9.17, 15) is 14.4 Å². The van der Waals surface area contributed by atoms with Gasteiger partial charge in [0.05, 0.1) is 0 Å². The van der Waals surface area contributed by atoms with E-state index in [1.54, 1.807) is 0 Å². The fourth-order valence-corrected chi connectivity index (χ4v) is 1.44. The van der Waals surface area contributed by atoms with Crippen molar-refractivity contribution in [1.29, 1.82) is 0 Å². The number of carboxylic acids is 2. The van der Waals surface area contributed by atoms with Crippen LogP contribution < -0.4 is 22.5 Å². The molecule has 1 heterocycles. The molecule has 1 rings (SSSR count). The van der Waals surface area contributed by atoms with E-state index in [1.165, 1.54) is 0 Å². The molecule has 1 aliphatic rings. The summed E-state index contributed by atoms with van der Waals surface area (Å²) in [6, 6.07) is -1.46. The molecule has 1 amide bonds. The smallest absolute Gasteiger partial charge is 0.326 e. The Kier molecular flexibility index (Phi) is 8.46. The number of hydrogen-bond donors (Lipinski definition) is 6. The SMILES string of the molecule is NC(N)=NCCC[C@H](N)C(=O)O.O=C1CC[C@@H](C(=O)O)N1. The highest BCUT2D eigenvalue weighted by atomic mass is 16.4. The Morgan fingerprint density at radius 3 is 2.33 bits per heavy atom. The Morgan fingerprint density at radius 1 is 1.38 bits per heavy atom. The number of nitrogens with zero attached hydrogens (tertiary/aromatic N) is 1. The first-order valence-electron chi connectivity index (χ1n) is 6.30. The van der Waals surface area contributed by atoms with Gasteiger partial charge in [-0.1, -0.05) is 0 Å². The zero-order valence-corrected chi connectivity index (χ0v) is 11.5. The molecule has 120 valence electrons. The van der Waals surface area contributed by atoms with Crippen LogP contribution >= 0.6 is 0 Å². The van der Waals surface area contributed by atoms with Gasteiger partial charge in [-0.15, -0.1) is 0 Å². The molecule has 0 saturated carbocycles. The quantitative estimate of drug-likeness (QED) is 0.180. The molecule has 0 spiro atoms. The molecule has 0 aromatic rings. The number of nitrogens with one attached hydrogen (secondary N) is 1. The summed E-state index contributed by atoms with van der Waals surface area (Å²) in [5.74, 6) is -2.10. The van der Waals surface area contributed by atoms with Crippen LogP contribution in [0.4, 0.5) is 0 Å². The highest BCUT2D eigenvalue weighted by Crippen LogP contribution is 2.05. The van der Waals surface area contributed by atoms with E-state index in [2.05, 4.69) is 10.3 Å². The molecular weight excluding hydrogens is 282 g/mol. The van der Waals surface area contributed by atoms with Gasteiger partial charge in [-0.2, -0.15) is 0 Å². The molecule has 9 N–H and O–H groups in total. The van der Waals surface area contributed by atoms with E-state index in [-0.39, 0.29) is 11.9 Å². The average molecular weight is 303 g/mol. The molecule has 21 heavy (non-hydrogen) atoms. The number of aliphatic carboxylic acids is 2. The summed E-state index contributed by atoms with van der Waals surface area (Å²) in [4.78, 5) is 34.4. The zero-order valence-electron chi connectivity index (χ0n) is 11.5. The molecule has 1 fully saturated rings. The largest absolute Gasteiger partial charge is 0.480 e. The lowest BCUT2D eigenvalue weighted by molar-refractivity contribution is -0.140. The topological polar surface area (TPSA) is 194 Å². The summed E-state index contributed by atoms with van der Waals surface area (Å²) < 4.78 is 0. The first kappa shape index (κ1) is 18.6. The molecule has 0 bridgehead atoms. The van der Waals surface area contributed by atoms with Crippen LogP contribution in [0.5, 0.6) is 0 Å². The van der Waals surface area contributed by atoms with Crippen molar-refractivity contribution >= 4 is 23.8 Å². The normalized spacial score (nSPS) is 18.0. The first-order valence-corrected chi connectivity index (χ1v) is 6.30. The maximum absolute atomic E-state index is 10.4. The van der Waals surface area contributed by atoms with E-state index in [0.717, 1.165) is 0 Å². The number of carbonyl (C=O) groups is 3. The summed E-state index contributed by atoms with van der Waals surface area (Å²) in [5, 5.41) is 19.0. The van der Waals surface area contributed by atoms with Gasteiger partial charge >= 0.3 is 11.9 Å². The Balaban J connectivity index is 0.000000394. The molecule has 0 aliphatic carbocycles. The summed E-state index contributed by atoms with van der Waals surface area (Å²) >= 11 is 0. The lowest BCUT2D eigenvalue weighted by atomic mass is 10.2. The minimum atomic E-state index is -1.00. The van der Waals surface area contributed by atoms with Crippen LogP contribution in [0.3, 0.4) is 0 Å². The highest BCUT2D eigenvalue weighted by molar-refractivity contribution is 5.87. The number of carbonyl (C=O) groups excluding carboxylic acids is 1. The summed E-state index contributed by atoms with van der Waals surface area (Å²) in [5.41, 5.74) is 15.3. The molecule has 2 atom stereocenters. The number of nitrogens with two attached hydrogens (primary N) is 3. The Labute approximate surface area is 121 Å². The number of guanidine groups is 1. The molecule has 1 aliphatic heterocycles. The van der Waals surface area contributed by atoms with Crippen LogP contribution in [0, 0.1) is 0 Å². The minimum Gasteiger partial charge on any atom is -0.480 e. The predicted octanol–water partition coefficient (Wildman–Crippen LogP) is -2.20. The van der Waals surface area contributed by atoms with E-state index >= 15 is 0 Å². The molecule has 0 radical (unpaired) electrons. The number of aliphatic imine (C=N–C) groups is 1. The van der Waals surface area contributed by atoms with Crippen LogP contribution in [0.25, 0.3) is 0 Å². The first-order chi connectivity index (χ1) is 9.73. The number of amides is 1. The lowest BCUT2D eigenvalue weighted by Gasteiger charge is -2.03. The van der Waals surface area contributed by atoms with Crippen molar-refractivity contribution in [3.63, 3.8) is 0 Å². The van der Waals surface area contributed by atoms with Gasteiger partial charge < -0.3 is 32.7 Å². The summed E-state index contributed by atoms with van der Waals surface area (Å²) in [6.45, 7) is 0.420. The van der Waals surface area contributed by atoms with Crippen molar-refractivity contribution in [3.05, 3.63) is 0 Å². The molecular formula is C11H21N5O5. The average Bonchev–Trinajstić information content (AvgIpc) is 2.81. The van der Waals surface area contributed by atoms with E-state index in [1.807, 2.05) is 0 Å². The summed E-state index contributed by atoms with van der Waals surface area (Å²) in [7, 11) is 0. The van der Waals surface area contributed by atoms with Crippen LogP contribution in [0.1, 0.15) is 25.7 Å².